The van der Waals surface area contributed by atoms with Gasteiger partial charge >= 0.3 is 6.43 Å². The van der Waals surface area contributed by atoms with E-state index in [2.05, 4.69) is 10.2 Å². The van der Waals surface area contributed by atoms with Gasteiger partial charge in [0.1, 0.15) is 0 Å². The van der Waals surface area contributed by atoms with Gasteiger partial charge in [-0.25, -0.2) is 0 Å². The molecular weight excluding hydrogens is 238 g/mol. The van der Waals surface area contributed by atoms with Crippen molar-refractivity contribution in [2.45, 2.75) is 72.1 Å². The van der Waals surface area contributed by atoms with E-state index in [-0.39, 0.29) is 5.92 Å². The maximum Gasteiger partial charge on any atom is 0.314 e. The first kappa shape index (κ1) is 17.0. The molecule has 0 spiro atoms. The van der Waals surface area contributed by atoms with Crippen molar-refractivity contribution in [2.75, 3.05) is 0 Å². The van der Waals surface area contributed by atoms with Gasteiger partial charge in [-0.15, -0.1) is 10.2 Å². The largest absolute Gasteiger partial charge is 0.419 e. The second kappa shape index (κ2) is 9.97. The van der Waals surface area contributed by atoms with Crippen molar-refractivity contribution in [3.05, 3.63) is 11.8 Å². The van der Waals surface area contributed by atoms with Crippen molar-refractivity contribution < 1.29 is 13.2 Å². The van der Waals surface area contributed by atoms with E-state index in [0.29, 0.717) is 5.89 Å². The topological polar surface area (TPSA) is 38.9 Å². The van der Waals surface area contributed by atoms with E-state index >= 15 is 0 Å². The molecule has 2 rings (SSSR count). The number of hydrogen-bond donors (Lipinski definition) is 0. The molecule has 0 bridgehead atoms. The van der Waals surface area contributed by atoms with Crippen molar-refractivity contribution in [3.63, 3.8) is 0 Å². The molecule has 3 nitrogen and oxygen atoms in total. The summed E-state index contributed by atoms with van der Waals surface area (Å²) < 4.78 is 29.2. The van der Waals surface area contributed by atoms with Crippen LogP contribution in [0.4, 0.5) is 8.78 Å². The lowest BCUT2D eigenvalue weighted by atomic mass is 9.89. The van der Waals surface area contributed by atoms with E-state index in [9.17, 15) is 8.78 Å². The maximum absolute atomic E-state index is 12.2. The van der Waals surface area contributed by atoms with Crippen molar-refractivity contribution in [1.82, 2.24) is 10.2 Å². The second-order valence-electron chi connectivity index (χ2n) is 3.61. The van der Waals surface area contributed by atoms with Gasteiger partial charge in [-0.05, 0) is 12.8 Å². The van der Waals surface area contributed by atoms with Crippen molar-refractivity contribution in [3.8, 4) is 0 Å². The molecule has 1 aromatic heterocycles. The van der Waals surface area contributed by atoms with Gasteiger partial charge in [0.05, 0.1) is 0 Å². The Hall–Kier alpha value is -1.00. The molecule has 0 radical (unpaired) electrons. The highest BCUT2D eigenvalue weighted by molar-refractivity contribution is 4.93. The number of hydrogen-bond acceptors (Lipinski definition) is 3. The van der Waals surface area contributed by atoms with E-state index in [1.165, 1.54) is 6.42 Å². The van der Waals surface area contributed by atoms with Crippen LogP contribution in [-0.4, -0.2) is 10.2 Å². The maximum atomic E-state index is 12.2. The molecule has 1 aliphatic carbocycles. The summed E-state index contributed by atoms with van der Waals surface area (Å²) in [5, 5.41) is 6.99. The lowest BCUT2D eigenvalue weighted by Crippen LogP contribution is -2.04. The Labute approximate surface area is 108 Å². The number of aromatic nitrogens is 2. The molecule has 0 saturated heterocycles. The zero-order chi connectivity index (χ0) is 14.0. The molecule has 0 unspecified atom stereocenters. The molecule has 1 saturated carbocycles. The summed E-state index contributed by atoms with van der Waals surface area (Å²) in [5.41, 5.74) is 0. The summed E-state index contributed by atoms with van der Waals surface area (Å²) in [6.07, 6.45) is 2.76. The number of halogens is 2. The van der Waals surface area contributed by atoms with Crippen LogP contribution in [0, 0.1) is 0 Å². The third-order valence-electron chi connectivity index (χ3n) is 2.60. The van der Waals surface area contributed by atoms with Gasteiger partial charge in [-0.2, -0.15) is 8.78 Å². The minimum Gasteiger partial charge on any atom is -0.419 e. The molecule has 0 amide bonds. The van der Waals surface area contributed by atoms with Crippen LogP contribution in [0.25, 0.3) is 0 Å². The molecule has 1 fully saturated rings. The molecule has 0 aromatic carbocycles. The van der Waals surface area contributed by atoms with E-state index in [1.807, 2.05) is 27.7 Å². The summed E-state index contributed by atoms with van der Waals surface area (Å²) in [6.45, 7) is 8.00. The Kier molecular flexibility index (Phi) is 9.42. The standard InChI is InChI=1S/C9H12F2N2O.2C2H6/c10-7(11)9-13-12-8(14-9)6-4-2-1-3-5-6;2*1-2/h6-7H,1-5H2;2*1-2H3. The van der Waals surface area contributed by atoms with Crippen LogP contribution in [0.5, 0.6) is 0 Å². The first-order chi connectivity index (χ1) is 8.77. The van der Waals surface area contributed by atoms with Crippen LogP contribution in [0.15, 0.2) is 4.42 Å². The Morgan fingerprint density at radius 3 is 2.00 bits per heavy atom. The summed E-state index contributed by atoms with van der Waals surface area (Å²) >= 11 is 0. The van der Waals surface area contributed by atoms with Gasteiger partial charge in [0.2, 0.25) is 5.89 Å². The Balaban J connectivity index is 0.000000659. The lowest BCUT2D eigenvalue weighted by molar-refractivity contribution is 0.112. The summed E-state index contributed by atoms with van der Waals surface area (Å²) in [7, 11) is 0. The molecule has 18 heavy (non-hydrogen) atoms. The fraction of sp³-hybridized carbons (Fsp3) is 0.846. The first-order valence-electron chi connectivity index (χ1n) is 6.89. The van der Waals surface area contributed by atoms with E-state index < -0.39 is 12.3 Å². The number of rotatable bonds is 2. The average molecular weight is 262 g/mol. The van der Waals surface area contributed by atoms with Gasteiger partial charge in [0, 0.05) is 5.92 Å². The predicted octanol–water partition coefficient (Wildman–Crippen LogP) is 5.11. The molecular formula is C13H24F2N2O. The highest BCUT2D eigenvalue weighted by Crippen LogP contribution is 2.32. The molecule has 0 atom stereocenters. The summed E-state index contributed by atoms with van der Waals surface area (Å²) in [6, 6.07) is 0. The minimum atomic E-state index is -2.65. The van der Waals surface area contributed by atoms with Crippen LogP contribution in [0.3, 0.4) is 0 Å². The molecule has 1 aromatic rings. The van der Waals surface area contributed by atoms with Crippen molar-refractivity contribution in [2.24, 2.45) is 0 Å². The van der Waals surface area contributed by atoms with Gasteiger partial charge < -0.3 is 4.42 Å². The number of alkyl halides is 2. The molecule has 0 aliphatic heterocycles. The molecule has 1 aliphatic rings. The molecule has 5 heteroatoms. The normalized spacial score (nSPS) is 15.5. The van der Waals surface area contributed by atoms with Crippen LogP contribution < -0.4 is 0 Å². The predicted molar refractivity (Wildman–Crippen MR) is 67.8 cm³/mol. The summed E-state index contributed by atoms with van der Waals surface area (Å²) in [5.74, 6) is 0.0364. The van der Waals surface area contributed by atoms with E-state index in [4.69, 9.17) is 4.42 Å². The quantitative estimate of drug-likeness (QED) is 0.743. The van der Waals surface area contributed by atoms with Crippen molar-refractivity contribution >= 4 is 0 Å². The van der Waals surface area contributed by atoms with Gasteiger partial charge in [0.15, 0.2) is 0 Å². The van der Waals surface area contributed by atoms with Crippen molar-refractivity contribution in [1.29, 1.82) is 0 Å². The van der Waals surface area contributed by atoms with Gasteiger partial charge in [-0.3, -0.25) is 0 Å². The summed E-state index contributed by atoms with van der Waals surface area (Å²) in [4.78, 5) is 0. The van der Waals surface area contributed by atoms with Gasteiger partial charge in [0.25, 0.3) is 5.89 Å². The van der Waals surface area contributed by atoms with E-state index in [1.54, 1.807) is 0 Å². The number of nitrogens with zero attached hydrogens (tertiary/aromatic N) is 2. The fourth-order valence-electron chi connectivity index (χ4n) is 1.85. The first-order valence-corrected chi connectivity index (χ1v) is 6.89. The second-order valence-corrected chi connectivity index (χ2v) is 3.61. The SMILES string of the molecule is CC.CC.FC(F)c1nnc(C2CCCCC2)o1. The monoisotopic (exact) mass is 262 g/mol. The van der Waals surface area contributed by atoms with Crippen LogP contribution in [0.2, 0.25) is 0 Å². The third-order valence-corrected chi connectivity index (χ3v) is 2.60. The molecule has 1 heterocycles. The zero-order valence-corrected chi connectivity index (χ0v) is 11.7. The van der Waals surface area contributed by atoms with Crippen LogP contribution >= 0.6 is 0 Å². The fourth-order valence-corrected chi connectivity index (χ4v) is 1.85. The Bertz CT molecular complexity index is 297. The third kappa shape index (κ3) is 5.10. The Morgan fingerprint density at radius 1 is 1.00 bits per heavy atom. The highest BCUT2D eigenvalue weighted by atomic mass is 19.3. The minimum absolute atomic E-state index is 0.198. The Morgan fingerprint density at radius 2 is 1.56 bits per heavy atom. The average Bonchev–Trinajstić information content (AvgIpc) is 2.94. The van der Waals surface area contributed by atoms with Crippen LogP contribution in [-0.2, 0) is 0 Å². The molecule has 0 N–H and O–H groups in total. The van der Waals surface area contributed by atoms with E-state index in [0.717, 1.165) is 25.7 Å². The lowest BCUT2D eigenvalue weighted by Gasteiger charge is -2.17. The zero-order valence-electron chi connectivity index (χ0n) is 11.7. The van der Waals surface area contributed by atoms with Gasteiger partial charge in [-0.1, -0.05) is 47.0 Å². The van der Waals surface area contributed by atoms with Crippen LogP contribution in [0.1, 0.15) is 83.9 Å². The molecule has 106 valence electrons. The smallest absolute Gasteiger partial charge is 0.314 e. The highest BCUT2D eigenvalue weighted by Gasteiger charge is 2.23.